The van der Waals surface area contributed by atoms with Gasteiger partial charge in [-0.05, 0) is 155 Å². The van der Waals surface area contributed by atoms with Crippen molar-refractivity contribution in [2.45, 2.75) is 66.1 Å². The quantitative estimate of drug-likeness (QED) is 0.0777. The Bertz CT molecular complexity index is 6660. The molecule has 0 bridgehead atoms. The van der Waals surface area contributed by atoms with Gasteiger partial charge >= 0.3 is 0 Å². The van der Waals surface area contributed by atoms with Crippen molar-refractivity contribution in [3.63, 3.8) is 0 Å². The van der Waals surface area contributed by atoms with Crippen LogP contribution in [0.4, 0.5) is 0 Å². The van der Waals surface area contributed by atoms with E-state index in [1.54, 1.807) is 71.3 Å². The van der Waals surface area contributed by atoms with E-state index in [1.165, 1.54) is 12.1 Å². The number of imidazole rings is 1. The van der Waals surface area contributed by atoms with Crippen LogP contribution in [-0.2, 0) is 10.8 Å². The predicted octanol–water partition coefficient (Wildman–Crippen LogP) is 19.4. The van der Waals surface area contributed by atoms with Crippen LogP contribution in [0.1, 0.15) is 99.4 Å². The summed E-state index contributed by atoms with van der Waals surface area (Å²) in [6.45, 7) is 6.96. The van der Waals surface area contributed by atoms with Crippen LogP contribution in [0.3, 0.4) is 0 Å². The summed E-state index contributed by atoms with van der Waals surface area (Å²) in [5, 5.41) is -0.706. The van der Waals surface area contributed by atoms with Crippen molar-refractivity contribution >= 4 is 61.7 Å². The number of hydrogen-bond donors (Lipinski definition) is 0. The number of aryl methyl sites for hydroxylation is 2. The number of benzene rings is 12. The zero-order valence-electron chi connectivity index (χ0n) is 77.9. The van der Waals surface area contributed by atoms with E-state index < -0.39 is 180 Å². The Morgan fingerprint density at radius 3 is 1.68 bits per heavy atom. The molecule has 5 nitrogen and oxygen atoms in total. The summed E-state index contributed by atoms with van der Waals surface area (Å²) in [6.07, 6.45) is 2.91. The molecule has 94 heavy (non-hydrogen) atoms. The normalized spacial score (nSPS) is 16.4. The second-order valence-electron chi connectivity index (χ2n) is 25.5. The molecule has 4 heterocycles. The monoisotopic (exact) mass is 1260 g/mol. The van der Waals surface area contributed by atoms with Gasteiger partial charge in [-0.25, -0.2) is 4.98 Å². The molecule has 0 saturated heterocycles. The van der Waals surface area contributed by atoms with Crippen LogP contribution in [0.15, 0.2) is 297 Å². The largest absolute Gasteiger partial charge is 0.457 e. The fourth-order valence-corrected chi connectivity index (χ4v) is 17.1. The molecule has 15 aromatic rings. The highest BCUT2D eigenvalue weighted by Gasteiger charge is 2.43. The Labute approximate surface area is 588 Å². The van der Waals surface area contributed by atoms with E-state index in [0.29, 0.717) is 78.1 Å². The molecule has 1 aliphatic rings. The first-order valence-corrected chi connectivity index (χ1v) is 32.7. The minimum Gasteiger partial charge on any atom is -0.457 e. The van der Waals surface area contributed by atoms with Crippen LogP contribution in [-0.4, -0.2) is 22.2 Å². The molecule has 0 fully saturated rings. The summed E-state index contributed by atoms with van der Waals surface area (Å²) in [6, 6.07) is 31.9. The SMILES string of the molecule is [2H]c1c([2H])c([2H])c(-c2cc3c4c(c2)n(-c2cccc(Oc5ccc6c7ccccc7n(-c7cc(C([2H])([2H])[2H])c(C([2H])([2H])[2H])cn7)c6c5)c2)c[n+]4-c2c(-c4cc(C(C)(C)C)cc(C(C)(C)C)c4)cccc2-c2cc([Si](c4c([2H])c([2H])c([2H])c([2H])c4[2H])(c4c([2H])c([2H])c([2H])c([2H])c4[2H])c4c([2H])c([2H])c([2H])c([2H])c4[2H])ccc2-c2ccccc2-3)c([2H])c1[2H]. The molecule has 1 aliphatic heterocycles. The van der Waals surface area contributed by atoms with Gasteiger partial charge < -0.3 is 4.74 Å². The minimum absolute atomic E-state index is 0.132. The average molecular weight is 1260 g/mol. The second kappa shape index (κ2) is 22.7. The maximum absolute atomic E-state index is 10.1. The zero-order valence-corrected chi connectivity index (χ0v) is 52.9. The van der Waals surface area contributed by atoms with E-state index in [1.807, 2.05) is 82.2 Å². The number of pyridine rings is 1. The standard InChI is InChI=1S/C88H73N4OSi/c1-58-47-84(89-56-59(58)2)92-81-42-24-23-39-76(81)77-45-43-67(54-82(77)92)93-66-30-25-29-65(53-66)90-57-91-85-72(62-48-63(87(3,4)5)52-64(49-62)88(6,7)8)40-26-41-78(85)79-55-71(94(68-31-15-10-16-32-68,69-33-17-11-18-34-69)70-35-19-12-20-36-70)44-46-75(79)73-37-21-22-38-74(73)80-50-61(51-83(90)86(80)91)60-27-13-9-14-28-60/h9-57H,1-8H3/q+1/i1D3,2D3,9D,10D,11D,12D,13D,14D,15D,16D,17D,18D,19D,20D,27D,28D,31D,32D,33D,34D,35D,36D. The van der Waals surface area contributed by atoms with Crippen LogP contribution < -0.4 is 30.1 Å². The molecule has 0 radical (unpaired) electrons. The van der Waals surface area contributed by atoms with Gasteiger partial charge in [-0.2, -0.15) is 9.13 Å². The molecule has 0 spiro atoms. The number of aromatic nitrogens is 4. The molecule has 3 aromatic heterocycles. The molecule has 0 atom stereocenters. The first-order chi connectivity index (χ1) is 56.4. The zero-order chi connectivity index (χ0) is 86.4. The van der Waals surface area contributed by atoms with Gasteiger partial charge in [0, 0.05) is 54.0 Å². The summed E-state index contributed by atoms with van der Waals surface area (Å²) in [7, 11) is -5.82. The third-order valence-corrected chi connectivity index (χ3v) is 22.0. The molecule has 16 rings (SSSR count). The van der Waals surface area contributed by atoms with Gasteiger partial charge in [0.05, 0.1) is 38.4 Å². The Morgan fingerprint density at radius 1 is 0.426 bits per heavy atom. The van der Waals surface area contributed by atoms with Gasteiger partial charge in [0.1, 0.15) is 28.7 Å². The van der Waals surface area contributed by atoms with Gasteiger partial charge in [0.2, 0.25) is 0 Å². The lowest BCUT2D eigenvalue weighted by molar-refractivity contribution is -0.566. The molecule has 0 unspecified atom stereocenters. The van der Waals surface area contributed by atoms with E-state index >= 15 is 0 Å². The van der Waals surface area contributed by atoms with Gasteiger partial charge in [-0.1, -0.05) is 266 Å². The van der Waals surface area contributed by atoms with Crippen LogP contribution in [0.2, 0.25) is 0 Å². The molecule has 0 saturated carbocycles. The van der Waals surface area contributed by atoms with E-state index in [-0.39, 0.29) is 33.4 Å². The van der Waals surface area contributed by atoms with E-state index in [0.717, 1.165) is 28.1 Å². The topological polar surface area (TPSA) is 35.9 Å². The van der Waals surface area contributed by atoms with Crippen LogP contribution >= 0.6 is 0 Å². The fourth-order valence-electron chi connectivity index (χ4n) is 13.3. The Hall–Kier alpha value is -10.9. The van der Waals surface area contributed by atoms with Gasteiger partial charge in [-0.15, -0.1) is 0 Å². The smallest absolute Gasteiger partial charge is 0.255 e. The van der Waals surface area contributed by atoms with Crippen molar-refractivity contribution in [2.75, 3.05) is 0 Å². The first kappa shape index (κ1) is 36.4. The summed E-state index contributed by atoms with van der Waals surface area (Å²) in [5.41, 5.74) is 6.80. The molecular formula is C88H73N4OSi+. The summed E-state index contributed by atoms with van der Waals surface area (Å²) in [5.74, 6) is 0.714. The van der Waals surface area contributed by atoms with Crippen molar-refractivity contribution in [2.24, 2.45) is 0 Å². The first-order valence-electron chi connectivity index (χ1n) is 43.7. The van der Waals surface area contributed by atoms with Gasteiger partial charge in [0.15, 0.2) is 19.1 Å². The van der Waals surface area contributed by atoms with E-state index in [2.05, 4.69) is 64.7 Å². The fraction of sp³-hybridized carbons (Fsp3) is 0.114. The maximum Gasteiger partial charge on any atom is 0.255 e. The number of ether oxygens (including phenoxy) is 1. The highest BCUT2D eigenvalue weighted by Crippen LogP contribution is 2.48. The third kappa shape index (κ3) is 9.82. The average Bonchev–Trinajstić information content (AvgIpc) is 1.38. The van der Waals surface area contributed by atoms with Crippen molar-refractivity contribution in [3.8, 4) is 84.3 Å². The van der Waals surface area contributed by atoms with E-state index in [4.69, 9.17) is 21.2 Å². The van der Waals surface area contributed by atoms with Crippen molar-refractivity contribution in [3.05, 3.63) is 319 Å². The number of rotatable bonds is 10. The Balaban J connectivity index is 1.05. The number of hydrogen-bond acceptors (Lipinski definition) is 2. The Morgan fingerprint density at radius 2 is 1.01 bits per heavy atom. The van der Waals surface area contributed by atoms with Gasteiger partial charge in [-0.3, -0.25) is 4.57 Å². The molecule has 0 N–H and O–H groups in total. The summed E-state index contributed by atoms with van der Waals surface area (Å²) in [4.78, 5) is 4.58. The Kier molecular flexibility index (Phi) is 8.79. The summed E-state index contributed by atoms with van der Waals surface area (Å²) >= 11 is 0. The highest BCUT2D eigenvalue weighted by atomic mass is 28.3. The molecule has 6 heteroatoms. The predicted molar refractivity (Wildman–Crippen MR) is 395 cm³/mol. The number of fused-ring (bicyclic) bond motifs is 10. The molecule has 12 aromatic carbocycles. The third-order valence-electron chi connectivity index (χ3n) is 17.8. The number of para-hydroxylation sites is 2. The van der Waals surface area contributed by atoms with Crippen LogP contribution in [0.5, 0.6) is 11.5 Å². The van der Waals surface area contributed by atoms with Crippen molar-refractivity contribution in [1.29, 1.82) is 0 Å². The van der Waals surface area contributed by atoms with Gasteiger partial charge in [0.25, 0.3) is 6.33 Å². The molecule has 0 aliphatic carbocycles. The molecular weight excluding hydrogens is 1160 g/mol. The molecule has 0 amide bonds. The lowest BCUT2D eigenvalue weighted by atomic mass is 9.78. The van der Waals surface area contributed by atoms with Crippen molar-refractivity contribution in [1.82, 2.24) is 14.1 Å². The van der Waals surface area contributed by atoms with Crippen molar-refractivity contribution < 1.29 is 44.9 Å². The minimum atomic E-state index is -5.82. The molecule has 454 valence electrons. The maximum atomic E-state index is 10.1. The number of nitrogens with zero attached hydrogens (tertiary/aromatic N) is 4. The van der Waals surface area contributed by atoms with E-state index in [9.17, 15) is 19.2 Å². The summed E-state index contributed by atoms with van der Waals surface area (Å²) < 4.78 is 252. The lowest BCUT2D eigenvalue weighted by Crippen LogP contribution is -2.74. The second-order valence-corrected chi connectivity index (χ2v) is 29.1. The van der Waals surface area contributed by atoms with Crippen LogP contribution in [0.25, 0.3) is 106 Å². The highest BCUT2D eigenvalue weighted by molar-refractivity contribution is 7.20. The van der Waals surface area contributed by atoms with Crippen LogP contribution in [0, 0.1) is 13.7 Å². The lowest BCUT2D eigenvalue weighted by Gasteiger charge is -2.35.